The lowest BCUT2D eigenvalue weighted by Gasteiger charge is -2.25. The smallest absolute Gasteiger partial charge is 0.0762 e. The van der Waals surface area contributed by atoms with E-state index in [4.69, 9.17) is 9.84 Å². The van der Waals surface area contributed by atoms with Crippen molar-refractivity contribution in [3.05, 3.63) is 28.2 Å². The van der Waals surface area contributed by atoms with Crippen molar-refractivity contribution in [2.24, 2.45) is 0 Å². The van der Waals surface area contributed by atoms with E-state index in [1.165, 1.54) is 0 Å². The Morgan fingerprint density at radius 3 is 2.61 bits per heavy atom. The van der Waals surface area contributed by atoms with Crippen molar-refractivity contribution in [1.29, 1.82) is 0 Å². The average Bonchev–Trinajstić information content (AvgIpc) is 2.34. The van der Waals surface area contributed by atoms with Gasteiger partial charge in [0.2, 0.25) is 0 Å². The maximum Gasteiger partial charge on any atom is 0.0762 e. The Morgan fingerprint density at radius 1 is 1.39 bits per heavy atom. The fourth-order valence-electron chi connectivity index (χ4n) is 1.71. The summed E-state index contributed by atoms with van der Waals surface area (Å²) in [6, 6.07) is 5.73. The fraction of sp³-hybridized carbons (Fsp3) is 0.538. The Kier molecular flexibility index (Phi) is 6.63. The molecule has 2 N–H and O–H groups in total. The molecule has 5 heteroatoms. The number of halogens is 1. The van der Waals surface area contributed by atoms with Gasteiger partial charge in [-0.05, 0) is 40.5 Å². The second-order valence-corrected chi connectivity index (χ2v) is 4.94. The molecule has 0 aromatic heterocycles. The van der Waals surface area contributed by atoms with Crippen LogP contribution in [0.15, 0.2) is 22.7 Å². The van der Waals surface area contributed by atoms with E-state index < -0.39 is 6.10 Å². The van der Waals surface area contributed by atoms with E-state index in [-0.39, 0.29) is 6.61 Å². The molecule has 1 aromatic carbocycles. The molecule has 0 saturated heterocycles. The molecule has 0 aliphatic rings. The molecule has 0 spiro atoms. The van der Waals surface area contributed by atoms with Gasteiger partial charge in [-0.2, -0.15) is 0 Å². The number of rotatable bonds is 7. The summed E-state index contributed by atoms with van der Waals surface area (Å²) in [6.45, 7) is 3.69. The molecule has 0 heterocycles. The Bertz CT molecular complexity index is 371. The van der Waals surface area contributed by atoms with Crippen LogP contribution in [-0.4, -0.2) is 43.6 Å². The molecule has 0 amide bonds. The number of anilines is 1. The molecule has 0 unspecified atom stereocenters. The second kappa shape index (κ2) is 7.74. The third-order valence-electron chi connectivity index (χ3n) is 2.73. The van der Waals surface area contributed by atoms with Gasteiger partial charge in [-0.25, -0.2) is 0 Å². The Balaban J connectivity index is 2.90. The molecule has 0 radical (unpaired) electrons. The predicted octanol–water partition coefficient (Wildman–Crippen LogP) is 1.95. The molecule has 0 bridgehead atoms. The van der Waals surface area contributed by atoms with Crippen LogP contribution >= 0.6 is 15.9 Å². The largest absolute Gasteiger partial charge is 0.395 e. The van der Waals surface area contributed by atoms with Crippen molar-refractivity contribution in [3.8, 4) is 0 Å². The fourth-order valence-corrected chi connectivity index (χ4v) is 2.36. The first-order valence-corrected chi connectivity index (χ1v) is 6.71. The number of aliphatic hydroxyl groups excluding tert-OH is 2. The molecule has 0 saturated carbocycles. The van der Waals surface area contributed by atoms with Crippen molar-refractivity contribution in [1.82, 2.24) is 0 Å². The van der Waals surface area contributed by atoms with Gasteiger partial charge in [-0.1, -0.05) is 6.07 Å². The van der Waals surface area contributed by atoms with Crippen LogP contribution in [0, 0.1) is 0 Å². The number of aliphatic hydroxyl groups is 2. The van der Waals surface area contributed by atoms with Crippen molar-refractivity contribution in [2.75, 3.05) is 38.3 Å². The van der Waals surface area contributed by atoms with Crippen molar-refractivity contribution in [2.45, 2.75) is 13.0 Å². The van der Waals surface area contributed by atoms with E-state index in [0.717, 1.165) is 15.7 Å². The predicted molar refractivity (Wildman–Crippen MR) is 76.0 cm³/mol. The van der Waals surface area contributed by atoms with Crippen LogP contribution in [-0.2, 0) is 4.74 Å². The highest BCUT2D eigenvalue weighted by atomic mass is 79.9. The number of ether oxygens (including phenoxy) is 1. The molecule has 18 heavy (non-hydrogen) atoms. The molecule has 0 aliphatic heterocycles. The molecular weight excluding hydrogens is 298 g/mol. The third kappa shape index (κ3) is 4.24. The van der Waals surface area contributed by atoms with Gasteiger partial charge in [0, 0.05) is 24.7 Å². The monoisotopic (exact) mass is 317 g/mol. The van der Waals surface area contributed by atoms with Crippen molar-refractivity contribution in [3.63, 3.8) is 0 Å². The van der Waals surface area contributed by atoms with Crippen molar-refractivity contribution < 1.29 is 14.9 Å². The zero-order chi connectivity index (χ0) is 13.5. The van der Waals surface area contributed by atoms with Crippen LogP contribution in [0.1, 0.15) is 18.6 Å². The van der Waals surface area contributed by atoms with Gasteiger partial charge < -0.3 is 19.8 Å². The lowest BCUT2D eigenvalue weighted by Crippen LogP contribution is -2.30. The molecular formula is C13H20BrNO3. The van der Waals surface area contributed by atoms with E-state index >= 15 is 0 Å². The number of benzene rings is 1. The van der Waals surface area contributed by atoms with E-state index in [1.54, 1.807) is 14.0 Å². The third-order valence-corrected chi connectivity index (χ3v) is 3.37. The maximum atomic E-state index is 9.53. The van der Waals surface area contributed by atoms with Gasteiger partial charge >= 0.3 is 0 Å². The lowest BCUT2D eigenvalue weighted by molar-refractivity contribution is 0.199. The van der Waals surface area contributed by atoms with Gasteiger partial charge in [-0.15, -0.1) is 0 Å². The summed E-state index contributed by atoms with van der Waals surface area (Å²) in [4.78, 5) is 2.04. The van der Waals surface area contributed by atoms with E-state index in [2.05, 4.69) is 15.9 Å². The first kappa shape index (κ1) is 15.4. The summed E-state index contributed by atoms with van der Waals surface area (Å²) in [7, 11) is 1.66. The van der Waals surface area contributed by atoms with Crippen LogP contribution < -0.4 is 4.90 Å². The van der Waals surface area contributed by atoms with Crippen LogP contribution in [0.4, 0.5) is 5.69 Å². The molecule has 0 aliphatic carbocycles. The first-order chi connectivity index (χ1) is 8.60. The molecule has 0 fully saturated rings. The Morgan fingerprint density at radius 2 is 2.11 bits per heavy atom. The summed E-state index contributed by atoms with van der Waals surface area (Å²) in [5, 5.41) is 18.6. The van der Waals surface area contributed by atoms with Crippen LogP contribution in [0.2, 0.25) is 0 Å². The van der Waals surface area contributed by atoms with Crippen LogP contribution in [0.5, 0.6) is 0 Å². The minimum atomic E-state index is -0.486. The summed E-state index contributed by atoms with van der Waals surface area (Å²) >= 11 is 3.50. The zero-order valence-electron chi connectivity index (χ0n) is 10.8. The highest BCUT2D eigenvalue weighted by Gasteiger charge is 2.11. The quantitative estimate of drug-likeness (QED) is 0.807. The minimum absolute atomic E-state index is 0.0916. The van der Waals surface area contributed by atoms with Gasteiger partial charge in [-0.3, -0.25) is 0 Å². The van der Waals surface area contributed by atoms with Gasteiger partial charge in [0.15, 0.2) is 0 Å². The van der Waals surface area contributed by atoms with Gasteiger partial charge in [0.1, 0.15) is 0 Å². The Labute approximate surface area is 116 Å². The van der Waals surface area contributed by atoms with E-state index in [0.29, 0.717) is 19.7 Å². The summed E-state index contributed by atoms with van der Waals surface area (Å²) in [6.07, 6.45) is -0.486. The van der Waals surface area contributed by atoms with Gasteiger partial charge in [0.05, 0.1) is 25.0 Å². The highest BCUT2D eigenvalue weighted by Crippen LogP contribution is 2.29. The molecule has 4 nitrogen and oxygen atoms in total. The topological polar surface area (TPSA) is 52.9 Å². The summed E-state index contributed by atoms with van der Waals surface area (Å²) in [5.74, 6) is 0. The molecule has 1 atom stereocenters. The van der Waals surface area contributed by atoms with E-state index in [1.807, 2.05) is 23.1 Å². The Hall–Kier alpha value is -0.620. The number of hydrogen-bond acceptors (Lipinski definition) is 4. The SMILES string of the molecule is COCCN(CCO)c1ccc([C@H](C)O)cc1Br. The van der Waals surface area contributed by atoms with E-state index in [9.17, 15) is 5.11 Å². The molecule has 102 valence electrons. The standard InChI is InChI=1S/C13H20BrNO3/c1-10(17)11-3-4-13(12(14)9-11)15(5-7-16)6-8-18-2/h3-4,9-10,16-17H,5-8H2,1-2H3/t10-/m0/s1. The van der Waals surface area contributed by atoms with Crippen LogP contribution in [0.3, 0.4) is 0 Å². The average molecular weight is 318 g/mol. The van der Waals surface area contributed by atoms with Gasteiger partial charge in [0.25, 0.3) is 0 Å². The normalized spacial score (nSPS) is 12.5. The summed E-state index contributed by atoms with van der Waals surface area (Å²) in [5.41, 5.74) is 1.85. The second-order valence-electron chi connectivity index (χ2n) is 4.09. The first-order valence-electron chi connectivity index (χ1n) is 5.92. The molecule has 1 aromatic rings. The highest BCUT2D eigenvalue weighted by molar-refractivity contribution is 9.10. The minimum Gasteiger partial charge on any atom is -0.395 e. The number of nitrogens with zero attached hydrogens (tertiary/aromatic N) is 1. The maximum absolute atomic E-state index is 9.53. The number of methoxy groups -OCH3 is 1. The van der Waals surface area contributed by atoms with Crippen LogP contribution in [0.25, 0.3) is 0 Å². The lowest BCUT2D eigenvalue weighted by atomic mass is 10.1. The zero-order valence-corrected chi connectivity index (χ0v) is 12.4. The summed E-state index contributed by atoms with van der Waals surface area (Å²) < 4.78 is 5.97. The number of hydrogen-bond donors (Lipinski definition) is 2. The van der Waals surface area contributed by atoms with Crippen molar-refractivity contribution >= 4 is 21.6 Å². The molecule has 1 rings (SSSR count).